The fourth-order valence-electron chi connectivity index (χ4n) is 5.85. The Morgan fingerprint density at radius 3 is 2.14 bits per heavy atom. The summed E-state index contributed by atoms with van der Waals surface area (Å²) in [4.78, 5) is -0.279. The molecule has 2 saturated carbocycles. The van der Waals surface area contributed by atoms with Crippen LogP contribution in [0.3, 0.4) is 0 Å². The molecule has 2 fully saturated rings. The molecule has 2 heteroatoms. The van der Waals surface area contributed by atoms with Gasteiger partial charge in [-0.1, -0.05) is 94.7 Å². The normalized spacial score (nSPS) is 35.3. The SMILES string of the molecule is C[C@H]1CC[C@H](CC[C@H]2CC[C@H](C3(Cl)C=CC(c4ccccc4F)=CC3)CC2)CC1. The molecule has 0 N–H and O–H groups in total. The van der Waals surface area contributed by atoms with E-state index in [1.54, 1.807) is 6.07 Å². The largest absolute Gasteiger partial charge is 0.206 e. The van der Waals surface area contributed by atoms with E-state index in [2.05, 4.69) is 19.1 Å². The van der Waals surface area contributed by atoms with Gasteiger partial charge in [-0.15, -0.1) is 11.6 Å². The third kappa shape index (κ3) is 5.16. The van der Waals surface area contributed by atoms with Crippen LogP contribution < -0.4 is 0 Å². The fraction of sp³-hybridized carbons (Fsp3) is 0.630. The monoisotopic (exact) mass is 414 g/mol. The minimum atomic E-state index is -0.279. The van der Waals surface area contributed by atoms with Crippen molar-refractivity contribution >= 4 is 17.2 Å². The molecule has 4 rings (SSSR count). The van der Waals surface area contributed by atoms with Crippen molar-refractivity contribution in [3.63, 3.8) is 0 Å². The third-order valence-corrected chi connectivity index (χ3v) is 8.59. The number of hydrogen-bond acceptors (Lipinski definition) is 0. The number of hydrogen-bond donors (Lipinski definition) is 0. The van der Waals surface area contributed by atoms with Gasteiger partial charge in [0.2, 0.25) is 0 Å². The lowest BCUT2D eigenvalue weighted by Gasteiger charge is -2.39. The molecule has 0 radical (unpaired) electrons. The van der Waals surface area contributed by atoms with Crippen LogP contribution in [0.1, 0.15) is 83.1 Å². The van der Waals surface area contributed by atoms with Crippen LogP contribution in [0.2, 0.25) is 0 Å². The van der Waals surface area contributed by atoms with Crippen molar-refractivity contribution in [1.82, 2.24) is 0 Å². The Balaban J connectivity index is 1.26. The van der Waals surface area contributed by atoms with Crippen molar-refractivity contribution in [3.8, 4) is 0 Å². The van der Waals surface area contributed by atoms with Crippen molar-refractivity contribution in [3.05, 3.63) is 53.9 Å². The first-order valence-corrected chi connectivity index (χ1v) is 12.2. The molecule has 0 amide bonds. The Bertz CT molecular complexity index is 735. The highest BCUT2D eigenvalue weighted by molar-refractivity contribution is 6.26. The number of allylic oxidation sites excluding steroid dienone is 4. The topological polar surface area (TPSA) is 0 Å². The minimum Gasteiger partial charge on any atom is -0.206 e. The van der Waals surface area contributed by atoms with Crippen molar-refractivity contribution in [2.45, 2.75) is 82.4 Å². The van der Waals surface area contributed by atoms with Gasteiger partial charge in [0.1, 0.15) is 5.82 Å². The molecule has 3 aliphatic rings. The molecule has 3 aliphatic carbocycles. The number of alkyl halides is 1. The summed E-state index contributed by atoms with van der Waals surface area (Å²) in [6.07, 6.45) is 21.0. The van der Waals surface area contributed by atoms with Gasteiger partial charge in [-0.25, -0.2) is 4.39 Å². The van der Waals surface area contributed by atoms with Gasteiger partial charge in [-0.2, -0.15) is 0 Å². The Kier molecular flexibility index (Phi) is 6.84. The van der Waals surface area contributed by atoms with Crippen LogP contribution in [-0.4, -0.2) is 4.87 Å². The Hall–Kier alpha value is -1.08. The maximum Gasteiger partial charge on any atom is 0.131 e. The van der Waals surface area contributed by atoms with Crippen LogP contribution in [0.15, 0.2) is 42.5 Å². The molecular formula is C27H36ClF. The fourth-order valence-corrected chi connectivity index (χ4v) is 6.21. The Labute approximate surface area is 181 Å². The van der Waals surface area contributed by atoms with Gasteiger partial charge in [0, 0.05) is 5.56 Å². The van der Waals surface area contributed by atoms with E-state index in [4.69, 9.17) is 11.6 Å². The van der Waals surface area contributed by atoms with E-state index in [-0.39, 0.29) is 10.7 Å². The van der Waals surface area contributed by atoms with Gasteiger partial charge in [0.15, 0.2) is 0 Å². The number of rotatable bonds is 5. The first-order chi connectivity index (χ1) is 14.0. The lowest BCUT2D eigenvalue weighted by Crippen LogP contribution is -2.34. The van der Waals surface area contributed by atoms with E-state index in [0.29, 0.717) is 11.5 Å². The summed E-state index contributed by atoms with van der Waals surface area (Å²) in [5.41, 5.74) is 1.65. The zero-order valence-corrected chi connectivity index (χ0v) is 18.6. The van der Waals surface area contributed by atoms with Gasteiger partial charge >= 0.3 is 0 Å². The molecule has 0 nitrogen and oxygen atoms in total. The predicted octanol–water partition coefficient (Wildman–Crippen LogP) is 8.56. The van der Waals surface area contributed by atoms with Gasteiger partial charge in [-0.05, 0) is 54.6 Å². The second kappa shape index (κ2) is 9.38. The highest BCUT2D eigenvalue weighted by atomic mass is 35.5. The molecule has 0 bridgehead atoms. The van der Waals surface area contributed by atoms with E-state index < -0.39 is 0 Å². The van der Waals surface area contributed by atoms with Gasteiger partial charge in [0.05, 0.1) is 4.87 Å². The molecule has 0 heterocycles. The van der Waals surface area contributed by atoms with Gasteiger partial charge in [0.25, 0.3) is 0 Å². The maximum absolute atomic E-state index is 14.1. The lowest BCUT2D eigenvalue weighted by molar-refractivity contribution is 0.207. The maximum atomic E-state index is 14.1. The molecule has 1 atom stereocenters. The predicted molar refractivity (Wildman–Crippen MR) is 123 cm³/mol. The molecule has 1 aromatic rings. The van der Waals surface area contributed by atoms with Crippen LogP contribution in [0.25, 0.3) is 5.57 Å². The van der Waals surface area contributed by atoms with Crippen LogP contribution in [0.5, 0.6) is 0 Å². The molecular weight excluding hydrogens is 379 g/mol. The Morgan fingerprint density at radius 2 is 1.55 bits per heavy atom. The van der Waals surface area contributed by atoms with Crippen LogP contribution in [0, 0.1) is 29.5 Å². The highest BCUT2D eigenvalue weighted by Gasteiger charge is 2.37. The average molecular weight is 415 g/mol. The van der Waals surface area contributed by atoms with E-state index in [1.165, 1.54) is 70.3 Å². The number of halogens is 2. The standard InChI is InChI=1S/C27H36ClF/c1-20-6-8-21(9-7-20)10-11-22-12-14-24(15-13-22)27(28)18-16-23(17-19-27)25-4-2-3-5-26(25)29/h2-5,16-18,20-22,24H,6-15,19H2,1H3/t20-,21-,22-,24-,27?. The molecule has 0 aromatic heterocycles. The third-order valence-electron chi connectivity index (χ3n) is 8.00. The smallest absolute Gasteiger partial charge is 0.131 e. The summed E-state index contributed by atoms with van der Waals surface area (Å²) in [5.74, 6) is 3.25. The summed E-state index contributed by atoms with van der Waals surface area (Å²) in [5, 5.41) is 0. The molecule has 0 aliphatic heterocycles. The van der Waals surface area contributed by atoms with Crippen molar-refractivity contribution in [1.29, 1.82) is 0 Å². The summed E-state index contributed by atoms with van der Waals surface area (Å²) in [6.45, 7) is 2.41. The first kappa shape index (κ1) is 21.2. The quantitative estimate of drug-likeness (QED) is 0.423. The lowest BCUT2D eigenvalue weighted by atomic mass is 9.71. The van der Waals surface area contributed by atoms with Gasteiger partial charge in [-0.3, -0.25) is 0 Å². The Morgan fingerprint density at radius 1 is 0.931 bits per heavy atom. The molecule has 0 saturated heterocycles. The highest BCUT2D eigenvalue weighted by Crippen LogP contribution is 2.46. The van der Waals surface area contributed by atoms with Crippen LogP contribution in [-0.2, 0) is 0 Å². The van der Waals surface area contributed by atoms with E-state index >= 15 is 0 Å². The molecule has 1 aromatic carbocycles. The minimum absolute atomic E-state index is 0.154. The van der Waals surface area contributed by atoms with Crippen LogP contribution >= 0.6 is 11.6 Å². The van der Waals surface area contributed by atoms with Crippen molar-refractivity contribution in [2.24, 2.45) is 23.7 Å². The molecule has 1 unspecified atom stereocenters. The van der Waals surface area contributed by atoms with E-state index in [9.17, 15) is 4.39 Å². The van der Waals surface area contributed by atoms with Crippen molar-refractivity contribution in [2.75, 3.05) is 0 Å². The molecule has 29 heavy (non-hydrogen) atoms. The van der Waals surface area contributed by atoms with Gasteiger partial charge < -0.3 is 0 Å². The van der Waals surface area contributed by atoms with E-state index in [1.807, 2.05) is 18.2 Å². The zero-order chi connectivity index (χ0) is 20.3. The summed E-state index contributed by atoms with van der Waals surface area (Å²) in [6, 6.07) is 7.02. The molecule has 0 spiro atoms. The average Bonchev–Trinajstić information content (AvgIpc) is 2.75. The number of benzene rings is 1. The summed E-state index contributed by atoms with van der Waals surface area (Å²) >= 11 is 7.08. The second-order valence-corrected chi connectivity index (χ2v) is 10.7. The zero-order valence-electron chi connectivity index (χ0n) is 17.9. The van der Waals surface area contributed by atoms with Crippen LogP contribution in [0.4, 0.5) is 4.39 Å². The summed E-state index contributed by atoms with van der Waals surface area (Å²) in [7, 11) is 0. The van der Waals surface area contributed by atoms with E-state index in [0.717, 1.165) is 29.7 Å². The molecule has 158 valence electrons. The van der Waals surface area contributed by atoms with Crippen molar-refractivity contribution < 1.29 is 4.39 Å². The summed E-state index contributed by atoms with van der Waals surface area (Å²) < 4.78 is 14.1. The second-order valence-electron chi connectivity index (χ2n) is 10.0. The first-order valence-electron chi connectivity index (χ1n) is 11.9.